The first-order valence-corrected chi connectivity index (χ1v) is 7.43. The molecule has 2 aromatic rings. The highest BCUT2D eigenvalue weighted by Gasteiger charge is 2.29. The number of piperazine rings is 1. The van der Waals surface area contributed by atoms with E-state index in [0.29, 0.717) is 13.1 Å². The Labute approximate surface area is 132 Å². The summed E-state index contributed by atoms with van der Waals surface area (Å²) in [5.74, 6) is -0.331. The maximum atomic E-state index is 12.6. The van der Waals surface area contributed by atoms with Crippen LogP contribution >= 0.6 is 0 Å². The van der Waals surface area contributed by atoms with Crippen molar-refractivity contribution in [2.45, 2.75) is 6.04 Å². The molecule has 0 aliphatic carbocycles. The Bertz CT molecular complexity index is 784. The van der Waals surface area contributed by atoms with Gasteiger partial charge in [0.1, 0.15) is 5.69 Å². The molecular weight excluding hydrogens is 296 g/mol. The number of hydrogen-bond acceptors (Lipinski definition) is 4. The lowest BCUT2D eigenvalue weighted by molar-refractivity contribution is 0.0540. The van der Waals surface area contributed by atoms with E-state index in [1.807, 2.05) is 37.4 Å². The van der Waals surface area contributed by atoms with Crippen molar-refractivity contribution >= 4 is 5.91 Å². The average Bonchev–Trinajstić information content (AvgIpc) is 2.54. The van der Waals surface area contributed by atoms with Gasteiger partial charge in [0, 0.05) is 25.7 Å². The van der Waals surface area contributed by atoms with Crippen LogP contribution in [0.15, 0.2) is 46.0 Å². The SMILES string of the molecule is CN1CCN(C(=O)c2cc(=O)[nH]c(=O)[nH]2)C[C@H]1c1ccccc1. The smallest absolute Gasteiger partial charge is 0.326 e. The highest BCUT2D eigenvalue weighted by atomic mass is 16.2. The lowest BCUT2D eigenvalue weighted by Gasteiger charge is -2.39. The summed E-state index contributed by atoms with van der Waals surface area (Å²) in [6, 6.07) is 11.2. The van der Waals surface area contributed by atoms with Gasteiger partial charge in [0.05, 0.1) is 6.04 Å². The number of amides is 1. The summed E-state index contributed by atoms with van der Waals surface area (Å²) in [5, 5.41) is 0. The second kappa shape index (κ2) is 6.21. The fraction of sp³-hybridized carbons (Fsp3) is 0.312. The molecule has 1 aromatic carbocycles. The van der Waals surface area contributed by atoms with Crippen molar-refractivity contribution in [3.63, 3.8) is 0 Å². The molecule has 7 heteroatoms. The van der Waals surface area contributed by atoms with E-state index in [1.165, 1.54) is 0 Å². The third-order valence-electron chi connectivity index (χ3n) is 4.11. The molecule has 1 saturated heterocycles. The highest BCUT2D eigenvalue weighted by molar-refractivity contribution is 5.92. The number of H-pyrrole nitrogens is 2. The Morgan fingerprint density at radius 3 is 2.57 bits per heavy atom. The minimum Gasteiger partial charge on any atom is -0.334 e. The summed E-state index contributed by atoms with van der Waals surface area (Å²) >= 11 is 0. The first-order chi connectivity index (χ1) is 11.0. The second-order valence-electron chi connectivity index (χ2n) is 5.66. The second-order valence-corrected chi connectivity index (χ2v) is 5.66. The molecule has 2 heterocycles. The number of benzene rings is 1. The highest BCUT2D eigenvalue weighted by Crippen LogP contribution is 2.24. The Morgan fingerprint density at radius 2 is 1.87 bits per heavy atom. The number of carbonyl (C=O) groups is 1. The van der Waals surface area contributed by atoms with Gasteiger partial charge in [0.2, 0.25) is 0 Å². The summed E-state index contributed by atoms with van der Waals surface area (Å²) in [4.78, 5) is 43.6. The molecule has 1 aliphatic rings. The minimum absolute atomic E-state index is 0.0233. The molecule has 1 aliphatic heterocycles. The summed E-state index contributed by atoms with van der Waals surface area (Å²) in [6.45, 7) is 1.78. The zero-order chi connectivity index (χ0) is 16.4. The summed E-state index contributed by atoms with van der Waals surface area (Å²) < 4.78 is 0. The lowest BCUT2D eigenvalue weighted by Crippen LogP contribution is -2.49. The molecule has 0 unspecified atom stereocenters. The van der Waals surface area contributed by atoms with E-state index in [9.17, 15) is 14.4 Å². The molecule has 23 heavy (non-hydrogen) atoms. The lowest BCUT2D eigenvalue weighted by atomic mass is 10.0. The van der Waals surface area contributed by atoms with Crippen LogP contribution in [0.2, 0.25) is 0 Å². The van der Waals surface area contributed by atoms with Gasteiger partial charge in [-0.3, -0.25) is 19.5 Å². The predicted octanol–water partition coefficient (Wildman–Crippen LogP) is 0.192. The van der Waals surface area contributed by atoms with Gasteiger partial charge < -0.3 is 9.88 Å². The Morgan fingerprint density at radius 1 is 1.13 bits per heavy atom. The van der Waals surface area contributed by atoms with E-state index in [1.54, 1.807) is 4.90 Å². The predicted molar refractivity (Wildman–Crippen MR) is 85.4 cm³/mol. The first kappa shape index (κ1) is 15.2. The van der Waals surface area contributed by atoms with Crippen LogP contribution in [0, 0.1) is 0 Å². The number of nitrogens with zero attached hydrogens (tertiary/aromatic N) is 2. The van der Waals surface area contributed by atoms with Gasteiger partial charge in [-0.2, -0.15) is 0 Å². The van der Waals surface area contributed by atoms with Gasteiger partial charge >= 0.3 is 5.69 Å². The van der Waals surface area contributed by atoms with Crippen LogP contribution in [-0.2, 0) is 0 Å². The van der Waals surface area contributed by atoms with Gasteiger partial charge in [0.25, 0.3) is 11.5 Å². The van der Waals surface area contributed by atoms with Crippen molar-refractivity contribution in [1.29, 1.82) is 0 Å². The van der Waals surface area contributed by atoms with E-state index in [2.05, 4.69) is 14.9 Å². The molecule has 1 aromatic heterocycles. The molecule has 0 saturated carbocycles. The molecule has 3 rings (SSSR count). The maximum absolute atomic E-state index is 12.6. The molecular formula is C16H18N4O3. The Hall–Kier alpha value is -2.67. The number of aromatic nitrogens is 2. The number of likely N-dealkylation sites (N-methyl/N-ethyl adjacent to an activating group) is 1. The van der Waals surface area contributed by atoms with Crippen LogP contribution in [0.25, 0.3) is 0 Å². The summed E-state index contributed by atoms with van der Waals surface area (Å²) in [5.41, 5.74) is -0.0950. The number of rotatable bonds is 2. The fourth-order valence-electron chi connectivity index (χ4n) is 2.85. The molecule has 0 bridgehead atoms. The van der Waals surface area contributed by atoms with Crippen LogP contribution < -0.4 is 11.2 Å². The fourth-order valence-corrected chi connectivity index (χ4v) is 2.85. The maximum Gasteiger partial charge on any atom is 0.326 e. The number of carbonyl (C=O) groups excluding carboxylic acids is 1. The molecule has 1 amide bonds. The van der Waals surface area contributed by atoms with Crippen LogP contribution in [0.5, 0.6) is 0 Å². The van der Waals surface area contributed by atoms with E-state index in [-0.39, 0.29) is 17.6 Å². The molecule has 7 nitrogen and oxygen atoms in total. The molecule has 120 valence electrons. The molecule has 0 radical (unpaired) electrons. The van der Waals surface area contributed by atoms with Crippen LogP contribution in [0.1, 0.15) is 22.1 Å². The van der Waals surface area contributed by atoms with Crippen molar-refractivity contribution in [3.05, 3.63) is 68.5 Å². The molecule has 2 N–H and O–H groups in total. The molecule has 1 atom stereocenters. The monoisotopic (exact) mass is 314 g/mol. The first-order valence-electron chi connectivity index (χ1n) is 7.43. The summed E-state index contributed by atoms with van der Waals surface area (Å²) in [6.07, 6.45) is 0. The zero-order valence-electron chi connectivity index (χ0n) is 12.8. The van der Waals surface area contributed by atoms with Gasteiger partial charge in [-0.05, 0) is 12.6 Å². The Kier molecular flexibility index (Phi) is 4.12. The van der Waals surface area contributed by atoms with E-state index in [0.717, 1.165) is 18.2 Å². The third-order valence-corrected chi connectivity index (χ3v) is 4.11. The molecule has 0 spiro atoms. The molecule has 1 fully saturated rings. The number of aromatic amines is 2. The van der Waals surface area contributed by atoms with Gasteiger partial charge in [0.15, 0.2) is 0 Å². The zero-order valence-corrected chi connectivity index (χ0v) is 12.8. The third kappa shape index (κ3) is 3.24. The van der Waals surface area contributed by atoms with Gasteiger partial charge in [-0.25, -0.2) is 4.79 Å². The van der Waals surface area contributed by atoms with E-state index >= 15 is 0 Å². The van der Waals surface area contributed by atoms with Crippen molar-refractivity contribution in [2.75, 3.05) is 26.7 Å². The summed E-state index contributed by atoms with van der Waals surface area (Å²) in [7, 11) is 2.02. The standard InChI is InChI=1S/C16H18N4O3/c1-19-7-8-20(10-13(19)11-5-3-2-4-6-11)15(22)12-9-14(21)18-16(23)17-12/h2-6,9,13H,7-8,10H2,1H3,(H2,17,18,21,23)/t13-/m0/s1. The van der Waals surface area contributed by atoms with Crippen molar-refractivity contribution < 1.29 is 4.79 Å². The quantitative estimate of drug-likeness (QED) is 0.828. The van der Waals surface area contributed by atoms with Crippen molar-refractivity contribution in [2.24, 2.45) is 0 Å². The van der Waals surface area contributed by atoms with Crippen molar-refractivity contribution in [1.82, 2.24) is 19.8 Å². The van der Waals surface area contributed by atoms with E-state index < -0.39 is 11.2 Å². The van der Waals surface area contributed by atoms with Crippen LogP contribution in [-0.4, -0.2) is 52.4 Å². The van der Waals surface area contributed by atoms with Gasteiger partial charge in [-0.15, -0.1) is 0 Å². The van der Waals surface area contributed by atoms with Gasteiger partial charge in [-0.1, -0.05) is 30.3 Å². The largest absolute Gasteiger partial charge is 0.334 e. The van der Waals surface area contributed by atoms with Crippen LogP contribution in [0.3, 0.4) is 0 Å². The van der Waals surface area contributed by atoms with Crippen molar-refractivity contribution in [3.8, 4) is 0 Å². The Balaban J connectivity index is 1.84. The number of nitrogens with one attached hydrogen (secondary N) is 2. The minimum atomic E-state index is -0.672. The topological polar surface area (TPSA) is 89.3 Å². The van der Waals surface area contributed by atoms with E-state index in [4.69, 9.17) is 0 Å². The normalized spacial score (nSPS) is 18.8. The van der Waals surface area contributed by atoms with Crippen LogP contribution in [0.4, 0.5) is 0 Å². The average molecular weight is 314 g/mol. The number of hydrogen-bond donors (Lipinski definition) is 2.